The molecule has 0 spiro atoms. The van der Waals surface area contributed by atoms with Crippen molar-refractivity contribution in [3.63, 3.8) is 0 Å². The molecule has 0 atom stereocenters. The number of halogens is 3. The molecule has 1 N–H and O–H groups in total. The number of H-pyrrole nitrogens is 1. The third-order valence-electron chi connectivity index (χ3n) is 3.27. The maximum absolute atomic E-state index is 12.4. The Kier molecular flexibility index (Phi) is 2.55. The lowest BCUT2D eigenvalue weighted by Crippen LogP contribution is -2.17. The first kappa shape index (κ1) is 12.1. The summed E-state index contributed by atoms with van der Waals surface area (Å²) < 4.78 is 38.6. The highest BCUT2D eigenvalue weighted by molar-refractivity contribution is 5.36. The molecule has 1 aliphatic rings. The second-order valence-corrected chi connectivity index (χ2v) is 4.69. The Balaban J connectivity index is 1.96. The van der Waals surface area contributed by atoms with Crippen LogP contribution in [0.3, 0.4) is 0 Å². The van der Waals surface area contributed by atoms with Gasteiger partial charge < -0.3 is 0 Å². The molecular weight excluding hydrogens is 257 g/mol. The van der Waals surface area contributed by atoms with Gasteiger partial charge in [0, 0.05) is 11.8 Å². The molecule has 3 rings (SSSR count). The van der Waals surface area contributed by atoms with E-state index in [-0.39, 0.29) is 5.56 Å². The monoisotopic (exact) mass is 268 g/mol. The normalized spacial score (nSPS) is 15.7. The van der Waals surface area contributed by atoms with Gasteiger partial charge >= 0.3 is 6.18 Å². The minimum atomic E-state index is -4.36. The van der Waals surface area contributed by atoms with Crippen molar-refractivity contribution in [3.05, 3.63) is 51.9 Å². The number of alkyl halides is 3. The van der Waals surface area contributed by atoms with Crippen molar-refractivity contribution < 1.29 is 13.2 Å². The summed E-state index contributed by atoms with van der Waals surface area (Å²) in [6, 6.07) is 4.52. The first-order chi connectivity index (χ1) is 8.97. The zero-order valence-electron chi connectivity index (χ0n) is 9.87. The summed E-state index contributed by atoms with van der Waals surface area (Å²) in [6.45, 7) is 0. The number of aromatic amines is 1. The second-order valence-electron chi connectivity index (χ2n) is 4.69. The topological polar surface area (TPSA) is 37.8 Å². The molecule has 1 aliphatic carbocycles. The summed E-state index contributed by atoms with van der Waals surface area (Å²) >= 11 is 0. The molecule has 1 aromatic carbocycles. The Morgan fingerprint density at radius 3 is 2.32 bits per heavy atom. The van der Waals surface area contributed by atoms with Crippen LogP contribution in [0.15, 0.2) is 35.3 Å². The predicted molar refractivity (Wildman–Crippen MR) is 63.4 cm³/mol. The SMILES string of the molecule is O=c1c(C2CC2)c[nH]n1-c1ccc(C(F)(F)F)cc1. The molecule has 3 nitrogen and oxygen atoms in total. The molecular formula is C13H11F3N2O. The first-order valence-electron chi connectivity index (χ1n) is 5.95. The fourth-order valence-electron chi connectivity index (χ4n) is 2.06. The smallest absolute Gasteiger partial charge is 0.298 e. The minimum absolute atomic E-state index is 0.178. The molecule has 1 saturated carbocycles. The molecule has 6 heteroatoms. The lowest BCUT2D eigenvalue weighted by molar-refractivity contribution is -0.137. The summed E-state index contributed by atoms with van der Waals surface area (Å²) in [5, 5.41) is 2.79. The van der Waals surface area contributed by atoms with E-state index in [1.807, 2.05) is 0 Å². The Bertz CT molecular complexity index is 648. The van der Waals surface area contributed by atoms with Gasteiger partial charge in [0.15, 0.2) is 0 Å². The Hall–Kier alpha value is -1.98. The Morgan fingerprint density at radius 2 is 1.79 bits per heavy atom. The molecule has 0 radical (unpaired) electrons. The average Bonchev–Trinajstić information content (AvgIpc) is 3.12. The van der Waals surface area contributed by atoms with E-state index in [1.54, 1.807) is 6.20 Å². The molecule has 2 aromatic rings. The fraction of sp³-hybridized carbons (Fsp3) is 0.308. The van der Waals surface area contributed by atoms with Crippen molar-refractivity contribution in [1.82, 2.24) is 9.78 Å². The van der Waals surface area contributed by atoms with Crippen molar-refractivity contribution in [1.29, 1.82) is 0 Å². The van der Waals surface area contributed by atoms with Gasteiger partial charge in [0.2, 0.25) is 0 Å². The summed E-state index contributed by atoms with van der Waals surface area (Å²) in [5.74, 6) is 0.305. The van der Waals surface area contributed by atoms with Gasteiger partial charge in [-0.2, -0.15) is 13.2 Å². The van der Waals surface area contributed by atoms with Gasteiger partial charge in [-0.25, -0.2) is 4.68 Å². The zero-order chi connectivity index (χ0) is 13.6. The van der Waals surface area contributed by atoms with E-state index in [0.29, 0.717) is 17.2 Å². The molecule has 0 aliphatic heterocycles. The standard InChI is InChI=1S/C13H11F3N2O/c14-13(15,16)9-3-5-10(6-4-9)18-12(19)11(7-17-18)8-1-2-8/h3-8,17H,1-2H2. The van der Waals surface area contributed by atoms with Crippen molar-refractivity contribution in [2.75, 3.05) is 0 Å². The number of benzene rings is 1. The van der Waals surface area contributed by atoms with Gasteiger partial charge in [-0.15, -0.1) is 0 Å². The van der Waals surface area contributed by atoms with Crippen LogP contribution >= 0.6 is 0 Å². The molecule has 0 amide bonds. The van der Waals surface area contributed by atoms with Gasteiger partial charge in [0.05, 0.1) is 11.3 Å². The number of nitrogens with one attached hydrogen (secondary N) is 1. The van der Waals surface area contributed by atoms with Crippen molar-refractivity contribution in [2.45, 2.75) is 24.9 Å². The van der Waals surface area contributed by atoms with E-state index in [2.05, 4.69) is 5.10 Å². The van der Waals surface area contributed by atoms with Crippen molar-refractivity contribution in [3.8, 4) is 5.69 Å². The molecule has 0 unspecified atom stereocenters. The van der Waals surface area contributed by atoms with Gasteiger partial charge in [-0.3, -0.25) is 9.89 Å². The lowest BCUT2D eigenvalue weighted by Gasteiger charge is -2.07. The number of hydrogen-bond donors (Lipinski definition) is 1. The van der Waals surface area contributed by atoms with E-state index in [9.17, 15) is 18.0 Å². The van der Waals surface area contributed by atoms with E-state index in [1.165, 1.54) is 16.8 Å². The van der Waals surface area contributed by atoms with Crippen LogP contribution in [-0.4, -0.2) is 9.78 Å². The molecule has 1 heterocycles. The van der Waals surface area contributed by atoms with E-state index >= 15 is 0 Å². The highest BCUT2D eigenvalue weighted by Gasteiger charge is 2.30. The van der Waals surface area contributed by atoms with Crippen LogP contribution in [0.2, 0.25) is 0 Å². The maximum Gasteiger partial charge on any atom is 0.416 e. The zero-order valence-corrected chi connectivity index (χ0v) is 9.87. The lowest BCUT2D eigenvalue weighted by atomic mass is 10.2. The van der Waals surface area contributed by atoms with Crippen molar-refractivity contribution >= 4 is 0 Å². The number of rotatable bonds is 2. The summed E-state index contributed by atoms with van der Waals surface area (Å²) in [6.07, 6.45) is -0.726. The van der Waals surface area contributed by atoms with Crippen LogP contribution < -0.4 is 5.56 Å². The largest absolute Gasteiger partial charge is 0.416 e. The number of aromatic nitrogens is 2. The third kappa shape index (κ3) is 2.18. The van der Waals surface area contributed by atoms with E-state index in [4.69, 9.17) is 0 Å². The highest BCUT2D eigenvalue weighted by Crippen LogP contribution is 2.38. The van der Waals surface area contributed by atoms with Gasteiger partial charge in [0.25, 0.3) is 5.56 Å². The second kappa shape index (κ2) is 4.01. The van der Waals surface area contributed by atoms with Crippen LogP contribution in [0.5, 0.6) is 0 Å². The van der Waals surface area contributed by atoms with Gasteiger partial charge in [-0.05, 0) is 43.0 Å². The summed E-state index contributed by atoms with van der Waals surface area (Å²) in [4.78, 5) is 12.0. The fourth-order valence-corrected chi connectivity index (χ4v) is 2.06. The molecule has 19 heavy (non-hydrogen) atoms. The van der Waals surface area contributed by atoms with Crippen LogP contribution in [0.25, 0.3) is 5.69 Å². The van der Waals surface area contributed by atoms with Crippen LogP contribution in [0, 0.1) is 0 Å². The molecule has 1 aromatic heterocycles. The molecule has 1 fully saturated rings. The van der Waals surface area contributed by atoms with Gasteiger partial charge in [0.1, 0.15) is 0 Å². The number of hydrogen-bond acceptors (Lipinski definition) is 1. The first-order valence-corrected chi connectivity index (χ1v) is 5.95. The molecule has 0 bridgehead atoms. The summed E-state index contributed by atoms with van der Waals surface area (Å²) in [5.41, 5.74) is 0.213. The van der Waals surface area contributed by atoms with Crippen LogP contribution in [-0.2, 0) is 6.18 Å². The number of nitrogens with zero attached hydrogens (tertiary/aromatic N) is 1. The summed E-state index contributed by atoms with van der Waals surface area (Å²) in [7, 11) is 0. The average molecular weight is 268 g/mol. The quantitative estimate of drug-likeness (QED) is 0.893. The minimum Gasteiger partial charge on any atom is -0.298 e. The Labute approximate surface area is 106 Å². The molecule has 0 saturated heterocycles. The van der Waals surface area contributed by atoms with Gasteiger partial charge in [-0.1, -0.05) is 0 Å². The predicted octanol–water partition coefficient (Wildman–Crippen LogP) is 3.06. The molecule has 100 valence electrons. The van der Waals surface area contributed by atoms with Crippen LogP contribution in [0.1, 0.15) is 29.9 Å². The van der Waals surface area contributed by atoms with Crippen LogP contribution in [0.4, 0.5) is 13.2 Å². The van der Waals surface area contributed by atoms with Crippen molar-refractivity contribution in [2.24, 2.45) is 0 Å². The maximum atomic E-state index is 12.4. The van der Waals surface area contributed by atoms with E-state index < -0.39 is 11.7 Å². The highest BCUT2D eigenvalue weighted by atomic mass is 19.4. The third-order valence-corrected chi connectivity index (χ3v) is 3.27. The Morgan fingerprint density at radius 1 is 1.16 bits per heavy atom. The van der Waals surface area contributed by atoms with E-state index in [0.717, 1.165) is 25.0 Å².